The maximum absolute atomic E-state index is 11.6. The molecule has 3 rings (SSSR count). The summed E-state index contributed by atoms with van der Waals surface area (Å²) >= 11 is 1.42. The maximum atomic E-state index is 11.6. The van der Waals surface area contributed by atoms with E-state index in [9.17, 15) is 4.79 Å². The fourth-order valence-corrected chi connectivity index (χ4v) is 3.07. The average molecular weight is 358 g/mol. The summed E-state index contributed by atoms with van der Waals surface area (Å²) in [6.45, 7) is 1.65. The Morgan fingerprint density at radius 1 is 1.32 bits per heavy atom. The van der Waals surface area contributed by atoms with Crippen molar-refractivity contribution in [1.82, 2.24) is 15.1 Å². The van der Waals surface area contributed by atoms with E-state index in [2.05, 4.69) is 16.3 Å². The number of nitriles is 1. The molecular weight excluding hydrogens is 340 g/mol. The Morgan fingerprint density at radius 3 is 2.88 bits per heavy atom. The molecule has 1 fully saturated rings. The number of nitrogens with zero attached hydrogens (tertiary/aromatic N) is 4. The number of carbonyl (C=O) groups is 1. The highest BCUT2D eigenvalue weighted by molar-refractivity contribution is 7.99. The first-order chi connectivity index (χ1) is 12.2. The van der Waals surface area contributed by atoms with Crippen molar-refractivity contribution in [2.24, 2.45) is 0 Å². The van der Waals surface area contributed by atoms with Gasteiger partial charge in [0.15, 0.2) is 0 Å². The van der Waals surface area contributed by atoms with Crippen molar-refractivity contribution in [3.05, 3.63) is 35.7 Å². The summed E-state index contributed by atoms with van der Waals surface area (Å²) in [5.41, 5.74) is 0.971. The van der Waals surface area contributed by atoms with Gasteiger partial charge in [0.05, 0.1) is 25.6 Å². The van der Waals surface area contributed by atoms with Crippen LogP contribution in [-0.4, -0.2) is 39.9 Å². The van der Waals surface area contributed by atoms with Gasteiger partial charge in [0.1, 0.15) is 5.75 Å². The number of amides is 1. The summed E-state index contributed by atoms with van der Waals surface area (Å²) in [5.74, 6) is 2.04. The van der Waals surface area contributed by atoms with E-state index in [0.717, 1.165) is 24.3 Å². The van der Waals surface area contributed by atoms with E-state index in [1.165, 1.54) is 11.8 Å². The van der Waals surface area contributed by atoms with E-state index in [0.29, 0.717) is 42.9 Å². The van der Waals surface area contributed by atoms with Crippen LogP contribution in [0.3, 0.4) is 0 Å². The molecule has 0 saturated carbocycles. The number of hydrogen-bond donors (Lipinski definition) is 0. The van der Waals surface area contributed by atoms with Crippen molar-refractivity contribution < 1.29 is 13.9 Å². The smallest absolute Gasteiger partial charge is 0.276 e. The first-order valence-electron chi connectivity index (χ1n) is 8.06. The highest BCUT2D eigenvalue weighted by Gasteiger charge is 2.22. The van der Waals surface area contributed by atoms with E-state index in [-0.39, 0.29) is 5.91 Å². The molecule has 0 atom stereocenters. The lowest BCUT2D eigenvalue weighted by Gasteiger charge is -2.11. The second-order valence-corrected chi connectivity index (χ2v) is 6.60. The van der Waals surface area contributed by atoms with Gasteiger partial charge in [-0.25, -0.2) is 0 Å². The van der Waals surface area contributed by atoms with Crippen molar-refractivity contribution in [2.45, 2.75) is 31.0 Å². The van der Waals surface area contributed by atoms with Gasteiger partial charge in [0.2, 0.25) is 11.8 Å². The number of carbonyl (C=O) groups excluding carboxylic acids is 1. The fourth-order valence-electron chi connectivity index (χ4n) is 2.48. The third kappa shape index (κ3) is 4.97. The highest BCUT2D eigenvalue weighted by atomic mass is 32.2. The quantitative estimate of drug-likeness (QED) is 0.528. The lowest BCUT2D eigenvalue weighted by atomic mass is 10.2. The van der Waals surface area contributed by atoms with E-state index in [4.69, 9.17) is 14.4 Å². The fraction of sp³-hybridized carbons (Fsp3) is 0.412. The minimum absolute atomic E-state index is 0.140. The Bertz CT molecular complexity index is 754. The minimum atomic E-state index is 0.140. The van der Waals surface area contributed by atoms with Gasteiger partial charge < -0.3 is 14.1 Å². The molecule has 2 aromatic rings. The summed E-state index contributed by atoms with van der Waals surface area (Å²) in [7, 11) is 0. The molecule has 2 heterocycles. The second-order valence-electron chi connectivity index (χ2n) is 5.56. The standard InChI is InChI=1S/C17H18N4O3S/c18-8-7-13-3-5-14(6-4-13)23-10-11-25-17-20-19-15(24-17)12-21-9-1-2-16(21)22/h3-6H,1-2,7,9-12H2. The molecule has 1 amide bonds. The number of ether oxygens (including phenoxy) is 1. The first-order valence-corrected chi connectivity index (χ1v) is 9.05. The third-order valence-corrected chi connectivity index (χ3v) is 4.51. The zero-order chi connectivity index (χ0) is 17.5. The van der Waals surface area contributed by atoms with Gasteiger partial charge in [-0.2, -0.15) is 5.26 Å². The van der Waals surface area contributed by atoms with Crippen LogP contribution in [0.1, 0.15) is 24.3 Å². The van der Waals surface area contributed by atoms with Crippen LogP contribution in [-0.2, 0) is 17.8 Å². The lowest BCUT2D eigenvalue weighted by Crippen LogP contribution is -2.23. The van der Waals surface area contributed by atoms with Crippen molar-refractivity contribution in [3.8, 4) is 11.8 Å². The Labute approximate surface area is 150 Å². The third-order valence-electron chi connectivity index (χ3n) is 3.73. The average Bonchev–Trinajstić information content (AvgIpc) is 3.23. The molecule has 130 valence electrons. The van der Waals surface area contributed by atoms with Crippen molar-refractivity contribution >= 4 is 17.7 Å². The zero-order valence-corrected chi connectivity index (χ0v) is 14.5. The van der Waals surface area contributed by atoms with Crippen LogP contribution in [0.25, 0.3) is 0 Å². The summed E-state index contributed by atoms with van der Waals surface area (Å²) in [4.78, 5) is 13.3. The Kier molecular flexibility index (Phi) is 5.90. The second kappa shape index (κ2) is 8.53. The van der Waals surface area contributed by atoms with Gasteiger partial charge >= 0.3 is 0 Å². The molecule has 7 nitrogen and oxygen atoms in total. The van der Waals surface area contributed by atoms with E-state index < -0.39 is 0 Å². The predicted octanol–water partition coefficient (Wildman–Crippen LogP) is 2.43. The zero-order valence-electron chi connectivity index (χ0n) is 13.7. The number of benzene rings is 1. The van der Waals surface area contributed by atoms with Crippen molar-refractivity contribution in [1.29, 1.82) is 5.26 Å². The maximum Gasteiger partial charge on any atom is 0.276 e. The van der Waals surface area contributed by atoms with Crippen molar-refractivity contribution in [3.63, 3.8) is 0 Å². The monoisotopic (exact) mass is 358 g/mol. The molecular formula is C17H18N4O3S. The number of rotatable bonds is 8. The van der Waals surface area contributed by atoms with Crippen LogP contribution < -0.4 is 4.74 Å². The summed E-state index contributed by atoms with van der Waals surface area (Å²) in [5, 5.41) is 17.1. The van der Waals surface area contributed by atoms with Crippen LogP contribution in [0.4, 0.5) is 0 Å². The Balaban J connectivity index is 1.39. The molecule has 1 aliphatic heterocycles. The normalized spacial score (nSPS) is 13.9. The molecule has 0 aliphatic carbocycles. The number of likely N-dealkylation sites (tertiary alicyclic amines) is 1. The van der Waals surface area contributed by atoms with Gasteiger partial charge in [-0.3, -0.25) is 4.79 Å². The molecule has 1 aromatic carbocycles. The van der Waals surface area contributed by atoms with E-state index in [1.807, 2.05) is 24.3 Å². The Hall–Kier alpha value is -2.53. The highest BCUT2D eigenvalue weighted by Crippen LogP contribution is 2.19. The van der Waals surface area contributed by atoms with Crippen molar-refractivity contribution in [2.75, 3.05) is 18.9 Å². The molecule has 8 heteroatoms. The topological polar surface area (TPSA) is 92.2 Å². The van der Waals surface area contributed by atoms with Gasteiger partial charge in [-0.1, -0.05) is 23.9 Å². The molecule has 0 unspecified atom stereocenters. The minimum Gasteiger partial charge on any atom is -0.493 e. The largest absolute Gasteiger partial charge is 0.493 e. The predicted molar refractivity (Wildman–Crippen MR) is 90.9 cm³/mol. The van der Waals surface area contributed by atoms with Crippen LogP contribution >= 0.6 is 11.8 Å². The molecule has 0 spiro atoms. The summed E-state index contributed by atoms with van der Waals surface area (Å²) in [6.07, 6.45) is 1.90. The molecule has 1 aromatic heterocycles. The number of hydrogen-bond acceptors (Lipinski definition) is 7. The van der Waals surface area contributed by atoms with Crippen LogP contribution in [0, 0.1) is 11.3 Å². The molecule has 0 N–H and O–H groups in total. The molecule has 1 aliphatic rings. The summed E-state index contributed by atoms with van der Waals surface area (Å²) < 4.78 is 11.2. The van der Waals surface area contributed by atoms with Crippen LogP contribution in [0.5, 0.6) is 5.75 Å². The Morgan fingerprint density at radius 2 is 2.16 bits per heavy atom. The van der Waals surface area contributed by atoms with Gasteiger partial charge in [0.25, 0.3) is 5.22 Å². The molecule has 0 radical (unpaired) electrons. The number of aromatic nitrogens is 2. The van der Waals surface area contributed by atoms with Gasteiger partial charge in [-0.05, 0) is 24.1 Å². The number of thioether (sulfide) groups is 1. The van der Waals surface area contributed by atoms with Crippen LogP contribution in [0.15, 0.2) is 33.9 Å². The van der Waals surface area contributed by atoms with E-state index >= 15 is 0 Å². The van der Waals surface area contributed by atoms with Gasteiger partial charge in [0, 0.05) is 18.7 Å². The van der Waals surface area contributed by atoms with E-state index in [1.54, 1.807) is 4.90 Å². The SMILES string of the molecule is N#CCc1ccc(OCCSc2nnc(CN3CCCC3=O)o2)cc1. The lowest BCUT2D eigenvalue weighted by molar-refractivity contribution is -0.128. The molecule has 25 heavy (non-hydrogen) atoms. The molecule has 1 saturated heterocycles. The van der Waals surface area contributed by atoms with Crippen LogP contribution in [0.2, 0.25) is 0 Å². The summed E-state index contributed by atoms with van der Waals surface area (Å²) in [6, 6.07) is 9.59. The van der Waals surface area contributed by atoms with Gasteiger partial charge in [-0.15, -0.1) is 10.2 Å². The first kappa shape index (κ1) is 17.3. The molecule has 0 bridgehead atoms.